The van der Waals surface area contributed by atoms with Gasteiger partial charge in [0.05, 0.1) is 11.3 Å². The molecule has 1 aromatic rings. The van der Waals surface area contributed by atoms with Crippen molar-refractivity contribution >= 4 is 5.91 Å². The van der Waals surface area contributed by atoms with Gasteiger partial charge in [0.2, 0.25) is 0 Å². The zero-order chi connectivity index (χ0) is 12.8. The van der Waals surface area contributed by atoms with E-state index in [-0.39, 0.29) is 12.5 Å². The number of aryl methyl sites for hydroxylation is 2. The number of aliphatic hydroxyl groups is 1. The lowest BCUT2D eigenvalue weighted by atomic mass is 10.2. The van der Waals surface area contributed by atoms with Crippen molar-refractivity contribution in [3.05, 3.63) is 17.5 Å². The van der Waals surface area contributed by atoms with E-state index >= 15 is 0 Å². The van der Waals surface area contributed by atoms with Gasteiger partial charge in [-0.15, -0.1) is 0 Å². The van der Waals surface area contributed by atoms with Crippen molar-refractivity contribution in [2.75, 3.05) is 19.7 Å². The first-order valence-corrected chi connectivity index (χ1v) is 6.06. The van der Waals surface area contributed by atoms with Gasteiger partial charge in [0.15, 0.2) is 0 Å². The molecule has 0 aliphatic carbocycles. The van der Waals surface area contributed by atoms with Gasteiger partial charge >= 0.3 is 0 Å². The summed E-state index contributed by atoms with van der Waals surface area (Å²) in [5.74, 6) is 0.00546. The van der Waals surface area contributed by atoms with Crippen molar-refractivity contribution in [3.8, 4) is 0 Å². The minimum absolute atomic E-state index is 0.00546. The average molecular weight is 239 g/mol. The van der Waals surface area contributed by atoms with E-state index in [1.165, 1.54) is 0 Å². The monoisotopic (exact) mass is 239 g/mol. The first-order valence-electron chi connectivity index (χ1n) is 6.06. The van der Waals surface area contributed by atoms with Crippen molar-refractivity contribution in [1.82, 2.24) is 14.7 Å². The van der Waals surface area contributed by atoms with Crippen LogP contribution >= 0.6 is 0 Å². The summed E-state index contributed by atoms with van der Waals surface area (Å²) in [4.78, 5) is 14.0. The molecule has 17 heavy (non-hydrogen) atoms. The Morgan fingerprint density at radius 3 is 2.76 bits per heavy atom. The van der Waals surface area contributed by atoms with Gasteiger partial charge in [-0.2, -0.15) is 5.10 Å². The van der Waals surface area contributed by atoms with Gasteiger partial charge in [0.1, 0.15) is 0 Å². The number of carbonyl (C=O) groups is 1. The van der Waals surface area contributed by atoms with Crippen LogP contribution in [-0.4, -0.2) is 45.4 Å². The molecule has 1 amide bonds. The summed E-state index contributed by atoms with van der Waals surface area (Å²) in [5.41, 5.74) is 1.51. The predicted octanol–water partition coefficient (Wildman–Crippen LogP) is 0.827. The molecule has 1 heterocycles. The summed E-state index contributed by atoms with van der Waals surface area (Å²) in [7, 11) is 1.82. The van der Waals surface area contributed by atoms with E-state index < -0.39 is 0 Å². The molecule has 0 saturated heterocycles. The van der Waals surface area contributed by atoms with E-state index in [9.17, 15) is 4.79 Å². The van der Waals surface area contributed by atoms with Crippen molar-refractivity contribution in [2.45, 2.75) is 26.7 Å². The second-order valence-corrected chi connectivity index (χ2v) is 3.98. The summed E-state index contributed by atoms with van der Waals surface area (Å²) in [6.07, 6.45) is 3.13. The molecular formula is C12H21N3O2. The third kappa shape index (κ3) is 3.30. The third-order valence-corrected chi connectivity index (χ3v) is 2.73. The second-order valence-electron chi connectivity index (χ2n) is 3.98. The molecule has 0 bridgehead atoms. The number of hydrogen-bond donors (Lipinski definition) is 1. The second kappa shape index (κ2) is 6.39. The van der Waals surface area contributed by atoms with Gasteiger partial charge in [-0.3, -0.25) is 9.48 Å². The quantitative estimate of drug-likeness (QED) is 0.800. The number of rotatable bonds is 6. The molecule has 1 aromatic heterocycles. The highest BCUT2D eigenvalue weighted by Crippen LogP contribution is 2.11. The number of amides is 1. The van der Waals surface area contributed by atoms with Crippen LogP contribution in [0.3, 0.4) is 0 Å². The molecule has 0 aliphatic heterocycles. The lowest BCUT2D eigenvalue weighted by Gasteiger charge is -2.20. The summed E-state index contributed by atoms with van der Waals surface area (Å²) in [5, 5.41) is 13.1. The van der Waals surface area contributed by atoms with Crippen LogP contribution in [0.5, 0.6) is 0 Å². The van der Waals surface area contributed by atoms with Crippen molar-refractivity contribution in [1.29, 1.82) is 0 Å². The third-order valence-electron chi connectivity index (χ3n) is 2.73. The van der Waals surface area contributed by atoms with E-state index in [1.807, 2.05) is 20.9 Å². The number of aliphatic hydroxyl groups excluding tert-OH is 1. The SMILES string of the molecule is CCc1nn(C)cc1C(=O)N(CC)CCCO. The average Bonchev–Trinajstić information content (AvgIpc) is 2.71. The molecular weight excluding hydrogens is 218 g/mol. The maximum absolute atomic E-state index is 12.3. The fourth-order valence-corrected chi connectivity index (χ4v) is 1.81. The van der Waals surface area contributed by atoms with Crippen molar-refractivity contribution < 1.29 is 9.90 Å². The molecule has 5 nitrogen and oxygen atoms in total. The van der Waals surface area contributed by atoms with E-state index in [0.717, 1.165) is 12.1 Å². The lowest BCUT2D eigenvalue weighted by Crippen LogP contribution is -2.32. The Bertz CT molecular complexity index is 374. The van der Waals surface area contributed by atoms with Crippen LogP contribution in [0.25, 0.3) is 0 Å². The molecule has 0 radical (unpaired) electrons. The van der Waals surface area contributed by atoms with Gasteiger partial charge in [0, 0.05) is 32.9 Å². The number of hydrogen-bond acceptors (Lipinski definition) is 3. The van der Waals surface area contributed by atoms with Crippen LogP contribution in [0.4, 0.5) is 0 Å². The molecule has 0 aromatic carbocycles. The Kier molecular flexibility index (Phi) is 5.15. The van der Waals surface area contributed by atoms with Gasteiger partial charge in [-0.05, 0) is 19.8 Å². The number of carbonyl (C=O) groups excluding carboxylic acids is 1. The summed E-state index contributed by atoms with van der Waals surface area (Å²) < 4.78 is 1.67. The van der Waals surface area contributed by atoms with E-state index in [4.69, 9.17) is 5.11 Å². The lowest BCUT2D eigenvalue weighted by molar-refractivity contribution is 0.0753. The van der Waals surface area contributed by atoms with Crippen LogP contribution in [0.1, 0.15) is 36.3 Å². The normalized spacial score (nSPS) is 10.6. The van der Waals surface area contributed by atoms with E-state index in [1.54, 1.807) is 15.8 Å². The highest BCUT2D eigenvalue weighted by atomic mass is 16.3. The molecule has 1 N–H and O–H groups in total. The van der Waals surface area contributed by atoms with Crippen molar-refractivity contribution in [3.63, 3.8) is 0 Å². The molecule has 5 heteroatoms. The minimum atomic E-state index is 0.00546. The van der Waals surface area contributed by atoms with E-state index in [0.29, 0.717) is 25.1 Å². The van der Waals surface area contributed by atoms with Crippen LogP contribution in [0.2, 0.25) is 0 Å². The smallest absolute Gasteiger partial charge is 0.257 e. The fourth-order valence-electron chi connectivity index (χ4n) is 1.81. The molecule has 1 rings (SSSR count). The molecule has 96 valence electrons. The highest BCUT2D eigenvalue weighted by Gasteiger charge is 2.19. The Labute approximate surface area is 102 Å². The summed E-state index contributed by atoms with van der Waals surface area (Å²) in [6.45, 7) is 5.28. The maximum Gasteiger partial charge on any atom is 0.257 e. The molecule has 0 unspecified atom stereocenters. The molecule has 0 aliphatic rings. The fraction of sp³-hybridized carbons (Fsp3) is 0.667. The predicted molar refractivity (Wildman–Crippen MR) is 65.9 cm³/mol. The standard InChI is InChI=1S/C12H21N3O2/c1-4-11-10(9-14(3)13-11)12(17)15(5-2)7-6-8-16/h9,16H,4-8H2,1-3H3. The van der Waals surface area contributed by atoms with Crippen LogP contribution in [0.15, 0.2) is 6.20 Å². The largest absolute Gasteiger partial charge is 0.396 e. The van der Waals surface area contributed by atoms with Gasteiger partial charge in [-0.25, -0.2) is 0 Å². The molecule has 0 spiro atoms. The number of aromatic nitrogens is 2. The van der Waals surface area contributed by atoms with Crippen LogP contribution in [0, 0.1) is 0 Å². The topological polar surface area (TPSA) is 58.4 Å². The Hall–Kier alpha value is -1.36. The summed E-state index contributed by atoms with van der Waals surface area (Å²) in [6, 6.07) is 0. The first-order chi connectivity index (χ1) is 8.13. The molecule has 0 atom stereocenters. The van der Waals surface area contributed by atoms with Crippen molar-refractivity contribution in [2.24, 2.45) is 7.05 Å². The molecule has 0 saturated carbocycles. The zero-order valence-corrected chi connectivity index (χ0v) is 10.8. The zero-order valence-electron chi connectivity index (χ0n) is 10.8. The van der Waals surface area contributed by atoms with Crippen LogP contribution in [-0.2, 0) is 13.5 Å². The minimum Gasteiger partial charge on any atom is -0.396 e. The Morgan fingerprint density at radius 2 is 2.24 bits per heavy atom. The van der Waals surface area contributed by atoms with Gasteiger partial charge in [-0.1, -0.05) is 6.92 Å². The first kappa shape index (κ1) is 13.7. The van der Waals surface area contributed by atoms with E-state index in [2.05, 4.69) is 5.10 Å². The number of nitrogens with zero attached hydrogens (tertiary/aromatic N) is 3. The molecule has 0 fully saturated rings. The van der Waals surface area contributed by atoms with Crippen LogP contribution < -0.4 is 0 Å². The van der Waals surface area contributed by atoms with Gasteiger partial charge in [0.25, 0.3) is 5.91 Å². The van der Waals surface area contributed by atoms with Gasteiger partial charge < -0.3 is 10.0 Å². The highest BCUT2D eigenvalue weighted by molar-refractivity contribution is 5.95. The maximum atomic E-state index is 12.3. The Morgan fingerprint density at radius 1 is 1.53 bits per heavy atom. The summed E-state index contributed by atoms with van der Waals surface area (Å²) >= 11 is 0. The Balaban J connectivity index is 2.85.